The van der Waals surface area contributed by atoms with Crippen LogP contribution in [0, 0.1) is 0 Å². The van der Waals surface area contributed by atoms with E-state index in [1.807, 2.05) is 24.4 Å². The molecular formula is C28H40F3NO2. The average Bonchev–Trinajstić information content (AvgIpc) is 2.83. The zero-order valence-electron chi connectivity index (χ0n) is 20.7. The van der Waals surface area contributed by atoms with E-state index >= 15 is 0 Å². The Morgan fingerprint density at radius 3 is 2.06 bits per heavy atom. The molecule has 190 valence electrons. The van der Waals surface area contributed by atoms with Crippen molar-refractivity contribution in [2.24, 2.45) is 0 Å². The predicted molar refractivity (Wildman–Crippen MR) is 132 cm³/mol. The van der Waals surface area contributed by atoms with Crippen LogP contribution in [-0.2, 0) is 11.2 Å². The largest absolute Gasteiger partial charge is 0.491 e. The highest BCUT2D eigenvalue weighted by Crippen LogP contribution is 2.26. The lowest BCUT2D eigenvalue weighted by Gasteiger charge is -2.21. The van der Waals surface area contributed by atoms with Crippen molar-refractivity contribution in [1.29, 1.82) is 0 Å². The summed E-state index contributed by atoms with van der Waals surface area (Å²) in [6, 6.07) is 11.1. The van der Waals surface area contributed by atoms with Gasteiger partial charge in [0.05, 0.1) is 5.69 Å². The van der Waals surface area contributed by atoms with Gasteiger partial charge in [0.15, 0.2) is 6.10 Å². The Labute approximate surface area is 203 Å². The van der Waals surface area contributed by atoms with Crippen LogP contribution in [0.5, 0.6) is 5.75 Å². The maximum Gasteiger partial charge on any atom is 0.417 e. The summed E-state index contributed by atoms with van der Waals surface area (Å²) in [4.78, 5) is 4.56. The lowest BCUT2D eigenvalue weighted by atomic mass is 10.1. The van der Waals surface area contributed by atoms with Gasteiger partial charge in [0.25, 0.3) is 0 Å². The molecule has 1 heterocycles. The topological polar surface area (TPSA) is 31.4 Å². The van der Waals surface area contributed by atoms with Crippen molar-refractivity contribution in [2.75, 3.05) is 13.2 Å². The number of hydrogen-bond acceptors (Lipinski definition) is 3. The molecule has 0 radical (unpaired) electrons. The van der Waals surface area contributed by atoms with Crippen LogP contribution in [0.1, 0.15) is 83.6 Å². The van der Waals surface area contributed by atoms with Crippen molar-refractivity contribution < 1.29 is 22.6 Å². The second-order valence-corrected chi connectivity index (χ2v) is 8.87. The molecule has 0 aliphatic rings. The minimum absolute atomic E-state index is 0.0903. The smallest absolute Gasteiger partial charge is 0.417 e. The zero-order valence-corrected chi connectivity index (χ0v) is 20.7. The number of ether oxygens (including phenoxy) is 2. The Hall–Kier alpha value is -2.08. The highest BCUT2D eigenvalue weighted by atomic mass is 19.4. The van der Waals surface area contributed by atoms with Crippen LogP contribution < -0.4 is 4.74 Å². The summed E-state index contributed by atoms with van der Waals surface area (Å²) in [5.74, 6) is 0.382. The molecule has 0 amide bonds. The number of alkyl halides is 3. The van der Waals surface area contributed by atoms with Gasteiger partial charge in [0.2, 0.25) is 0 Å². The molecule has 1 unspecified atom stereocenters. The molecule has 0 bridgehead atoms. The van der Waals surface area contributed by atoms with Gasteiger partial charge in [-0.3, -0.25) is 4.98 Å². The first-order chi connectivity index (χ1) is 16.4. The Morgan fingerprint density at radius 2 is 1.44 bits per heavy atom. The number of rotatable bonds is 17. The van der Waals surface area contributed by atoms with E-state index < -0.39 is 18.9 Å². The van der Waals surface area contributed by atoms with Gasteiger partial charge in [-0.05, 0) is 55.2 Å². The summed E-state index contributed by atoms with van der Waals surface area (Å²) in [5.41, 5.74) is 2.96. The Bertz CT molecular complexity index is 776. The van der Waals surface area contributed by atoms with Crippen LogP contribution in [0.2, 0.25) is 0 Å². The number of nitrogens with zero attached hydrogens (tertiary/aromatic N) is 1. The average molecular weight is 480 g/mol. The normalized spacial score (nSPS) is 12.6. The lowest BCUT2D eigenvalue weighted by molar-refractivity contribution is -0.227. The third-order valence-corrected chi connectivity index (χ3v) is 5.88. The lowest BCUT2D eigenvalue weighted by Crippen LogP contribution is -2.37. The van der Waals surface area contributed by atoms with E-state index in [2.05, 4.69) is 24.9 Å². The quantitative estimate of drug-likeness (QED) is 0.213. The van der Waals surface area contributed by atoms with Gasteiger partial charge >= 0.3 is 6.18 Å². The van der Waals surface area contributed by atoms with Gasteiger partial charge in [-0.1, -0.05) is 71.3 Å². The van der Waals surface area contributed by atoms with Gasteiger partial charge in [-0.25, -0.2) is 0 Å². The summed E-state index contributed by atoms with van der Waals surface area (Å²) in [7, 11) is 0. The fourth-order valence-electron chi connectivity index (χ4n) is 3.74. The van der Waals surface area contributed by atoms with Crippen molar-refractivity contribution in [3.63, 3.8) is 0 Å². The molecule has 0 fully saturated rings. The first-order valence-corrected chi connectivity index (χ1v) is 12.8. The molecule has 0 saturated carbocycles. The Morgan fingerprint density at radius 1 is 0.794 bits per heavy atom. The van der Waals surface area contributed by atoms with Crippen LogP contribution in [0.25, 0.3) is 11.3 Å². The number of aryl methyl sites for hydroxylation is 1. The van der Waals surface area contributed by atoms with Crippen LogP contribution in [-0.4, -0.2) is 30.5 Å². The van der Waals surface area contributed by atoms with Gasteiger partial charge in [0, 0.05) is 18.4 Å². The molecule has 1 atom stereocenters. The molecule has 0 spiro atoms. The maximum absolute atomic E-state index is 13.3. The van der Waals surface area contributed by atoms with E-state index in [1.54, 1.807) is 12.1 Å². The molecular weight excluding hydrogens is 439 g/mol. The van der Waals surface area contributed by atoms with Gasteiger partial charge in [-0.2, -0.15) is 13.2 Å². The fourth-order valence-corrected chi connectivity index (χ4v) is 3.74. The summed E-state index contributed by atoms with van der Waals surface area (Å²) in [6.07, 6.45) is 7.72. The van der Waals surface area contributed by atoms with Crippen molar-refractivity contribution in [3.05, 3.63) is 48.2 Å². The zero-order chi connectivity index (χ0) is 24.7. The van der Waals surface area contributed by atoms with E-state index in [9.17, 15) is 13.2 Å². The molecule has 0 N–H and O–H groups in total. The first-order valence-electron chi connectivity index (χ1n) is 12.8. The van der Waals surface area contributed by atoms with Crippen molar-refractivity contribution in [3.8, 4) is 17.0 Å². The van der Waals surface area contributed by atoms with Crippen LogP contribution in [0.3, 0.4) is 0 Å². The van der Waals surface area contributed by atoms with Gasteiger partial charge in [0.1, 0.15) is 12.4 Å². The second kappa shape index (κ2) is 15.8. The van der Waals surface area contributed by atoms with E-state index in [0.717, 1.165) is 36.9 Å². The van der Waals surface area contributed by atoms with Gasteiger partial charge < -0.3 is 9.47 Å². The Kier molecular flexibility index (Phi) is 13.0. The van der Waals surface area contributed by atoms with E-state index in [4.69, 9.17) is 9.47 Å². The molecule has 1 aromatic carbocycles. The number of pyridine rings is 1. The molecule has 1 aromatic heterocycles. The minimum Gasteiger partial charge on any atom is -0.491 e. The number of hydrogen-bond donors (Lipinski definition) is 0. The molecule has 0 aliphatic heterocycles. The molecule has 2 rings (SSSR count). The molecule has 3 nitrogen and oxygen atoms in total. The highest BCUT2D eigenvalue weighted by molar-refractivity contribution is 5.60. The van der Waals surface area contributed by atoms with Crippen molar-refractivity contribution in [2.45, 2.75) is 96.8 Å². The molecule has 6 heteroatoms. The number of aromatic nitrogens is 1. The standard InChI is InChI=1S/C28H40F3NO2/c1-3-5-7-9-10-11-13-23-14-19-26(32-21-23)24-15-17-25(18-16-24)34-22-27(28(29,30)31)33-20-12-8-6-4-2/h14-19,21,27H,3-13,20,22H2,1-2H3. The first kappa shape index (κ1) is 28.2. The van der Waals surface area contributed by atoms with E-state index in [-0.39, 0.29) is 6.61 Å². The minimum atomic E-state index is -4.45. The summed E-state index contributed by atoms with van der Waals surface area (Å²) < 4.78 is 50.2. The van der Waals surface area contributed by atoms with Crippen LogP contribution in [0.15, 0.2) is 42.6 Å². The van der Waals surface area contributed by atoms with Crippen LogP contribution in [0.4, 0.5) is 13.2 Å². The third-order valence-electron chi connectivity index (χ3n) is 5.88. The number of benzene rings is 1. The van der Waals surface area contributed by atoms with Crippen LogP contribution >= 0.6 is 0 Å². The number of unbranched alkanes of at least 4 members (excludes halogenated alkanes) is 8. The predicted octanol–water partition coefficient (Wildman–Crippen LogP) is 8.56. The van der Waals surface area contributed by atoms with Crippen molar-refractivity contribution in [1.82, 2.24) is 4.98 Å². The second-order valence-electron chi connectivity index (χ2n) is 8.87. The SMILES string of the molecule is CCCCCCCCc1ccc(-c2ccc(OCC(OCCCCCC)C(F)(F)F)cc2)nc1. The summed E-state index contributed by atoms with van der Waals surface area (Å²) >= 11 is 0. The third kappa shape index (κ3) is 10.9. The summed E-state index contributed by atoms with van der Waals surface area (Å²) in [6.45, 7) is 3.82. The van der Waals surface area contributed by atoms with Crippen molar-refractivity contribution >= 4 is 0 Å². The highest BCUT2D eigenvalue weighted by Gasteiger charge is 2.41. The van der Waals surface area contributed by atoms with E-state index in [1.165, 1.54) is 44.1 Å². The molecule has 0 aliphatic carbocycles. The maximum atomic E-state index is 13.3. The molecule has 2 aromatic rings. The monoisotopic (exact) mass is 479 g/mol. The number of halogens is 3. The molecule has 0 saturated heterocycles. The molecule has 34 heavy (non-hydrogen) atoms. The summed E-state index contributed by atoms with van der Waals surface area (Å²) in [5, 5.41) is 0. The fraction of sp³-hybridized carbons (Fsp3) is 0.607. The van der Waals surface area contributed by atoms with Gasteiger partial charge in [-0.15, -0.1) is 0 Å². The Balaban J connectivity index is 1.81. The van der Waals surface area contributed by atoms with E-state index in [0.29, 0.717) is 12.2 Å².